The Bertz CT molecular complexity index is 1460. The van der Waals surface area contributed by atoms with Crippen LogP contribution in [0.1, 0.15) is 80.2 Å². The molecule has 1 aliphatic carbocycles. The fourth-order valence-corrected chi connectivity index (χ4v) is 4.47. The summed E-state index contributed by atoms with van der Waals surface area (Å²) in [6.07, 6.45) is -3.29. The summed E-state index contributed by atoms with van der Waals surface area (Å²) in [4.78, 5) is 26.4. The summed E-state index contributed by atoms with van der Waals surface area (Å²) in [5.41, 5.74) is 8.60. The van der Waals surface area contributed by atoms with Gasteiger partial charge in [0.25, 0.3) is 0 Å². The number of nitrogens with two attached hydrogens (primary N) is 1. The topological polar surface area (TPSA) is 90.5 Å². The third kappa shape index (κ3) is 6.41. The maximum atomic E-state index is 12.9. The number of aromatic nitrogens is 2. The van der Waals surface area contributed by atoms with Crippen LogP contribution in [0.2, 0.25) is 0 Å². The number of halogens is 3. The number of Topliss-reactive ketones (excluding diaryl/α,β-unsaturated/α-hetero) is 1. The molecule has 0 spiro atoms. The summed E-state index contributed by atoms with van der Waals surface area (Å²) in [7, 11) is 0. The second-order valence-corrected chi connectivity index (χ2v) is 10.5. The minimum atomic E-state index is -4.62. The van der Waals surface area contributed by atoms with E-state index in [1.807, 2.05) is 31.2 Å². The number of fused-ring (bicyclic) bond motifs is 1. The van der Waals surface area contributed by atoms with Gasteiger partial charge in [-0.25, -0.2) is 4.98 Å². The van der Waals surface area contributed by atoms with Crippen LogP contribution >= 0.6 is 0 Å². The monoisotopic (exact) mass is 550 g/mol. The third-order valence-corrected chi connectivity index (χ3v) is 6.79. The van der Waals surface area contributed by atoms with Crippen molar-refractivity contribution < 1.29 is 22.7 Å². The lowest BCUT2D eigenvalue weighted by atomic mass is 9.96. The maximum absolute atomic E-state index is 12.9. The number of nitrogens with zero attached hydrogens (tertiary/aromatic N) is 3. The van der Waals surface area contributed by atoms with Gasteiger partial charge in [0.15, 0.2) is 11.6 Å². The van der Waals surface area contributed by atoms with E-state index in [1.54, 1.807) is 38.1 Å². The van der Waals surface area contributed by atoms with Gasteiger partial charge in [0, 0.05) is 23.3 Å². The molecule has 0 radical (unpaired) electrons. The van der Waals surface area contributed by atoms with Crippen molar-refractivity contribution in [3.05, 3.63) is 82.7 Å². The van der Waals surface area contributed by atoms with Crippen molar-refractivity contribution in [2.75, 3.05) is 0 Å². The first-order valence-corrected chi connectivity index (χ1v) is 13.3. The predicted octanol–water partition coefficient (Wildman–Crippen LogP) is 7.67. The zero-order valence-electron chi connectivity index (χ0n) is 23.2. The Morgan fingerprint density at radius 3 is 2.30 bits per heavy atom. The number of allylic oxidation sites excluding steroid dienone is 2. The highest BCUT2D eigenvalue weighted by molar-refractivity contribution is 5.99. The van der Waals surface area contributed by atoms with Crippen LogP contribution < -0.4 is 10.5 Å². The van der Waals surface area contributed by atoms with Crippen LogP contribution in [0.5, 0.6) is 5.88 Å². The molecule has 0 saturated heterocycles. The first-order chi connectivity index (χ1) is 18.8. The fraction of sp³-hybridized carbons (Fsp3) is 0.355. The zero-order chi connectivity index (χ0) is 29.2. The van der Waals surface area contributed by atoms with Crippen molar-refractivity contribution in [3.63, 3.8) is 0 Å². The fourth-order valence-electron chi connectivity index (χ4n) is 4.47. The van der Waals surface area contributed by atoms with Gasteiger partial charge < -0.3 is 10.5 Å². The average molecular weight is 551 g/mol. The third-order valence-electron chi connectivity index (χ3n) is 6.79. The van der Waals surface area contributed by atoms with Crippen LogP contribution in [0, 0.1) is 5.92 Å². The summed E-state index contributed by atoms with van der Waals surface area (Å²) < 4.78 is 45.1. The van der Waals surface area contributed by atoms with Gasteiger partial charge in [-0.3, -0.25) is 9.79 Å². The molecular formula is C31H33F3N4O2. The first kappa shape index (κ1) is 29.0. The molecule has 1 atom stereocenters. The molecule has 4 rings (SSSR count). The van der Waals surface area contributed by atoms with Crippen LogP contribution in [0.25, 0.3) is 11.4 Å². The van der Waals surface area contributed by atoms with Crippen molar-refractivity contribution in [2.24, 2.45) is 16.6 Å². The average Bonchev–Trinajstić information content (AvgIpc) is 3.28. The molecule has 2 N–H and O–H groups in total. The van der Waals surface area contributed by atoms with Gasteiger partial charge in [-0.1, -0.05) is 64.1 Å². The number of carbonyl (C=O) groups is 1. The molecule has 2 aromatic carbocycles. The Balaban J connectivity index is 1.63. The van der Waals surface area contributed by atoms with Crippen molar-refractivity contribution in [1.82, 2.24) is 9.97 Å². The predicted molar refractivity (Wildman–Crippen MR) is 150 cm³/mol. The van der Waals surface area contributed by atoms with Gasteiger partial charge in [0.1, 0.15) is 17.5 Å². The molecule has 0 fully saturated rings. The molecule has 0 amide bonds. The van der Waals surface area contributed by atoms with E-state index in [-0.39, 0.29) is 23.3 Å². The number of alkyl halides is 3. The highest BCUT2D eigenvalue weighted by Crippen LogP contribution is 2.35. The van der Waals surface area contributed by atoms with E-state index in [1.165, 1.54) is 0 Å². The zero-order valence-corrected chi connectivity index (χ0v) is 23.2. The highest BCUT2D eigenvalue weighted by Gasteiger charge is 2.32. The second kappa shape index (κ2) is 11.6. The van der Waals surface area contributed by atoms with Crippen molar-refractivity contribution >= 4 is 17.2 Å². The molecular weight excluding hydrogens is 517 g/mol. The lowest BCUT2D eigenvalue weighted by molar-refractivity contribution is -0.0925. The molecule has 210 valence electrons. The van der Waals surface area contributed by atoms with Gasteiger partial charge in [0.2, 0.25) is 5.88 Å². The molecule has 0 aliphatic heterocycles. The molecule has 1 heterocycles. The number of hydrogen-bond donors (Lipinski definition) is 1. The molecule has 1 aliphatic rings. The maximum Gasteiger partial charge on any atom is 0.430 e. The molecule has 3 aromatic rings. The first-order valence-electron chi connectivity index (χ1n) is 13.3. The molecule has 1 unspecified atom stereocenters. The van der Waals surface area contributed by atoms with Crippen LogP contribution in [0.15, 0.2) is 65.3 Å². The smallest absolute Gasteiger partial charge is 0.430 e. The number of ether oxygens (including phenoxy) is 1. The Labute approximate surface area is 232 Å². The van der Waals surface area contributed by atoms with Gasteiger partial charge in [-0.2, -0.15) is 18.2 Å². The molecule has 9 heteroatoms. The highest BCUT2D eigenvalue weighted by atomic mass is 19.4. The van der Waals surface area contributed by atoms with E-state index in [2.05, 4.69) is 23.8 Å². The summed E-state index contributed by atoms with van der Waals surface area (Å²) in [6.45, 7) is 9.56. The van der Waals surface area contributed by atoms with Crippen LogP contribution in [-0.2, 0) is 6.42 Å². The minimum absolute atomic E-state index is 0.0263. The van der Waals surface area contributed by atoms with E-state index in [0.29, 0.717) is 41.5 Å². The largest absolute Gasteiger partial charge is 0.469 e. The summed E-state index contributed by atoms with van der Waals surface area (Å²) in [5, 5.41) is 0. The number of hydrogen-bond acceptors (Lipinski definition) is 6. The number of aliphatic imine (C=N–C) groups is 1. The van der Waals surface area contributed by atoms with E-state index < -0.39 is 18.0 Å². The van der Waals surface area contributed by atoms with E-state index in [0.717, 1.165) is 22.8 Å². The number of carbonyl (C=O) groups excluding carboxylic acids is 1. The quantitative estimate of drug-likeness (QED) is 0.291. The van der Waals surface area contributed by atoms with Crippen LogP contribution in [0.4, 0.5) is 18.9 Å². The lowest BCUT2D eigenvalue weighted by Gasteiger charge is -2.18. The lowest BCUT2D eigenvalue weighted by Crippen LogP contribution is -2.21. The molecule has 1 aromatic heterocycles. The Morgan fingerprint density at radius 1 is 1.00 bits per heavy atom. The standard InChI is InChI=1S/C31H33F3N4O2/c1-17(2)22-8-6-7-9-23(22)29-37-28-24(14-15-26(28)39)30(38-29)40-19(5)20-10-12-21(13-11-20)36-25(18(3)4)16-27(35)31(32,33)34/h6-13,16-19H,14-15,35H2,1-5H3/b27-16-,36-25?. The normalized spacial score (nSPS) is 15.1. The molecule has 40 heavy (non-hydrogen) atoms. The van der Waals surface area contributed by atoms with Gasteiger partial charge in [-0.05, 0) is 54.5 Å². The summed E-state index contributed by atoms with van der Waals surface area (Å²) >= 11 is 0. The van der Waals surface area contributed by atoms with E-state index in [4.69, 9.17) is 15.5 Å². The Morgan fingerprint density at radius 2 is 1.68 bits per heavy atom. The van der Waals surface area contributed by atoms with E-state index in [9.17, 15) is 18.0 Å². The molecule has 6 nitrogen and oxygen atoms in total. The van der Waals surface area contributed by atoms with Gasteiger partial charge in [-0.15, -0.1) is 0 Å². The van der Waals surface area contributed by atoms with Gasteiger partial charge >= 0.3 is 6.18 Å². The van der Waals surface area contributed by atoms with Gasteiger partial charge in [0.05, 0.1) is 5.69 Å². The molecule has 0 bridgehead atoms. The van der Waals surface area contributed by atoms with Crippen molar-refractivity contribution in [2.45, 2.75) is 65.7 Å². The van der Waals surface area contributed by atoms with Crippen molar-refractivity contribution in [1.29, 1.82) is 0 Å². The number of benzene rings is 2. The van der Waals surface area contributed by atoms with Crippen LogP contribution in [0.3, 0.4) is 0 Å². The Kier molecular flexibility index (Phi) is 8.42. The minimum Gasteiger partial charge on any atom is -0.469 e. The second-order valence-electron chi connectivity index (χ2n) is 10.5. The Hall–Kier alpha value is -4.01. The van der Waals surface area contributed by atoms with Crippen LogP contribution in [-0.4, -0.2) is 27.6 Å². The summed E-state index contributed by atoms with van der Waals surface area (Å²) in [6, 6.07) is 14.9. The number of ketones is 1. The molecule has 0 saturated carbocycles. The van der Waals surface area contributed by atoms with Crippen molar-refractivity contribution in [3.8, 4) is 17.3 Å². The van der Waals surface area contributed by atoms with E-state index >= 15 is 0 Å². The number of rotatable bonds is 8. The SMILES string of the molecule is CC(C)C(/C=C(\N)C(F)(F)F)=Nc1ccc(C(C)Oc2nc(-c3ccccc3C(C)C)nc3c2CCC3=O)cc1. The summed E-state index contributed by atoms with van der Waals surface area (Å²) in [5.74, 6) is 0.790.